The predicted octanol–water partition coefficient (Wildman–Crippen LogP) is 23.5. The van der Waals surface area contributed by atoms with E-state index in [4.69, 9.17) is 30.0 Å². The van der Waals surface area contributed by atoms with Gasteiger partial charge in [-0.1, -0.05) is 169 Å². The Kier molecular flexibility index (Phi) is 14.4. The van der Waals surface area contributed by atoms with Gasteiger partial charge in [-0.25, -0.2) is 13.7 Å². The van der Waals surface area contributed by atoms with E-state index in [0.717, 1.165) is 137 Å². The largest absolute Gasteiger partial charge is 0.455 e. The van der Waals surface area contributed by atoms with Crippen molar-refractivity contribution in [3.8, 4) is 56.2 Å². The lowest BCUT2D eigenvalue weighted by Crippen LogP contribution is -2.31. The molecule has 0 bridgehead atoms. The van der Waals surface area contributed by atoms with Gasteiger partial charge in [0.15, 0.2) is 41.5 Å². The number of hydrogen-bond acceptors (Lipinski definition) is 6. The Balaban J connectivity index is 0.000000109. The van der Waals surface area contributed by atoms with Crippen molar-refractivity contribution >= 4 is 131 Å². The number of benzene rings is 11. The molecule has 0 saturated heterocycles. The molecule has 0 aliphatic heterocycles. The monoisotopic (exact) mass is 1430 g/mol. The Morgan fingerprint density at radius 1 is 0.284 bits per heavy atom. The molecule has 0 spiro atoms. The van der Waals surface area contributed by atoms with Crippen LogP contribution in [0.3, 0.4) is 0 Å². The van der Waals surface area contributed by atoms with Crippen molar-refractivity contribution in [2.75, 3.05) is 0 Å². The van der Waals surface area contributed by atoms with Gasteiger partial charge in [-0.3, -0.25) is 9.97 Å². The molecule has 10 heterocycles. The van der Waals surface area contributed by atoms with Crippen LogP contribution in [0.4, 0.5) is 0 Å². The van der Waals surface area contributed by atoms with Crippen LogP contribution >= 0.6 is 0 Å². The topological polar surface area (TPSA) is 93.9 Å². The van der Waals surface area contributed by atoms with Crippen LogP contribution in [0, 0.1) is 48.3 Å². The van der Waals surface area contributed by atoms with Crippen LogP contribution in [0.1, 0.15) is 51.3 Å². The van der Waals surface area contributed by atoms with E-state index in [9.17, 15) is 0 Å². The van der Waals surface area contributed by atoms with Crippen LogP contribution in [-0.2, 0) is 28.2 Å². The summed E-state index contributed by atoms with van der Waals surface area (Å²) in [5.74, 6) is 0. The number of nitrogens with zero attached hydrogens (tertiary/aromatic N) is 6. The normalized spacial score (nSPS) is 13.2. The second-order valence-electron chi connectivity index (χ2n) is 28.3. The van der Waals surface area contributed by atoms with E-state index in [0.29, 0.717) is 22.1 Å². The van der Waals surface area contributed by atoms with Gasteiger partial charge in [-0.05, 0) is 171 Å². The maximum atomic E-state index is 8.08. The van der Waals surface area contributed by atoms with E-state index in [1.54, 1.807) is 54.3 Å². The van der Waals surface area contributed by atoms with E-state index < -0.39 is 20.6 Å². The molecule has 0 amide bonds. The van der Waals surface area contributed by atoms with Gasteiger partial charge in [0.2, 0.25) is 22.8 Å². The van der Waals surface area contributed by atoms with Crippen molar-refractivity contribution in [1.82, 2.24) is 9.97 Å². The summed E-state index contributed by atoms with van der Waals surface area (Å²) in [5, 5.41) is 14.6. The lowest BCUT2D eigenvalue weighted by molar-refractivity contribution is -0.659. The molecule has 109 heavy (non-hydrogen) atoms. The number of fused-ring (bicyclic) bond motifs is 19. The maximum absolute atomic E-state index is 8.08. The molecule has 10 nitrogen and oxygen atoms in total. The minimum Gasteiger partial charge on any atom is -0.455 e. The smallest absolute Gasteiger partial charge is 0.224 e. The number of hydrogen-bond donors (Lipinski definition) is 0. The Hall–Kier alpha value is -13.4. The van der Waals surface area contributed by atoms with Crippen molar-refractivity contribution in [2.45, 2.75) is 48.3 Å². The van der Waals surface area contributed by atoms with E-state index >= 15 is 0 Å². The average molecular weight is 1430 g/mol. The summed E-state index contributed by atoms with van der Waals surface area (Å²) in [4.78, 5) is 9.07. The summed E-state index contributed by atoms with van der Waals surface area (Å²) in [6.07, 6.45) is 11.3. The summed E-state index contributed by atoms with van der Waals surface area (Å²) in [5.41, 5.74) is 23.6. The molecule has 0 atom stereocenters. The Morgan fingerprint density at radius 2 is 0.725 bits per heavy atom. The number of aryl methyl sites for hydroxylation is 11. The third-order valence-corrected chi connectivity index (χ3v) is 21.3. The van der Waals surface area contributed by atoms with E-state index in [1.807, 2.05) is 106 Å². The Labute approximate surface area is 643 Å². The molecule has 21 aromatic rings. The molecule has 21 rings (SSSR count). The van der Waals surface area contributed by atoms with Crippen molar-refractivity contribution < 1.29 is 48.3 Å². The van der Waals surface area contributed by atoms with Crippen LogP contribution in [-0.4, -0.2) is 9.97 Å². The van der Waals surface area contributed by atoms with Gasteiger partial charge in [-0.2, -0.15) is 4.57 Å². The standard InChI is InChI=1S/C29H22NO.C25H22NO.C23H19N2O.C22H17N2O/c1-19-8-6-7-11-23(19)28-27-24-15-14-21-12-13-22(20-9-4-3-5-10-20)18-25(21)29(24)31-26(27)16-17-30(28)2;1-15-9-10-20(16(2)11-15)24-23-21-12-18-7-5-6-8-19(18)13-22(21)27-25(23)17(3)14-26(24)4;1-14-6-8-17(15(2)13-14)22-20-18-9-7-16-5-4-11-24-21(16)23(18)26-19(20)10-12-25(22)3;1-14-6-3-4-8-16(14)21-19-17-10-9-15-7-5-12-23-20(15)22(17)25-18(19)11-13-24(21)2/h3-18H,1-2H3;5-14H,1-4H3;4-13H,1-3H3;3-13H,1-2H3/q4*+1/i;1D3,3D3;1D3;. The zero-order chi connectivity index (χ0) is 82.0. The molecule has 0 aliphatic carbocycles. The van der Waals surface area contributed by atoms with Crippen LogP contribution in [0.2, 0.25) is 0 Å². The Morgan fingerprint density at radius 3 is 1.24 bits per heavy atom. The molecule has 10 aromatic heterocycles. The zero-order valence-electron chi connectivity index (χ0n) is 70.5. The quantitative estimate of drug-likeness (QED) is 0.159. The fourth-order valence-electron chi connectivity index (χ4n) is 16.0. The highest BCUT2D eigenvalue weighted by Crippen LogP contribution is 2.44. The number of furan rings is 4. The van der Waals surface area contributed by atoms with Crippen molar-refractivity contribution in [3.05, 3.63) is 325 Å². The van der Waals surface area contributed by atoms with E-state index in [1.165, 1.54) is 55.5 Å². The SMILES string of the molecule is Cc1ccccc1-c1c2c(cc[n+]1C)oc1c2ccc2cccnc21.Cc1ccccc1-c1c2c(cc[n+]1C)oc1c3cc(-c4ccccc4)ccc3ccc12.[2H]C([2H])([2H])c1ccc(-c2c3c(cc[n+]2C)oc2c3ccc3cccnc32)c(C)c1.[2H]C([2H])([2H])c1ccc(-c2c3c(oc4cc5ccccc5cc43)c(C([2H])([2H])[2H])c[n+]2C)c(C)c1. The zero-order valence-corrected chi connectivity index (χ0v) is 61.5. The molecule has 0 saturated carbocycles. The van der Waals surface area contributed by atoms with Gasteiger partial charge in [0.25, 0.3) is 0 Å². The molecule has 0 radical (unpaired) electrons. The molecule has 0 aliphatic rings. The lowest BCUT2D eigenvalue weighted by atomic mass is 9.97. The minimum atomic E-state index is -2.36. The summed E-state index contributed by atoms with van der Waals surface area (Å²) in [6.45, 7) is 1.44. The second kappa shape index (κ2) is 27.2. The number of pyridine rings is 6. The first kappa shape index (κ1) is 57.8. The van der Waals surface area contributed by atoms with Crippen LogP contribution in [0.5, 0.6) is 0 Å². The van der Waals surface area contributed by atoms with Gasteiger partial charge in [0, 0.05) is 103 Å². The third kappa shape index (κ3) is 11.8. The summed E-state index contributed by atoms with van der Waals surface area (Å²) >= 11 is 0. The molecular formula is C99H80N6O4+4. The Bertz CT molecular complexity index is 7650. The minimum absolute atomic E-state index is 0.140. The number of aromatic nitrogens is 6. The van der Waals surface area contributed by atoms with Crippen molar-refractivity contribution in [3.63, 3.8) is 0 Å². The van der Waals surface area contributed by atoms with Gasteiger partial charge in [0.1, 0.15) is 88.7 Å². The summed E-state index contributed by atoms with van der Waals surface area (Å²) in [6, 6.07) is 83.2. The summed E-state index contributed by atoms with van der Waals surface area (Å²) < 4.78 is 104. The van der Waals surface area contributed by atoms with Crippen molar-refractivity contribution in [2.24, 2.45) is 28.2 Å². The van der Waals surface area contributed by atoms with Crippen LogP contribution in [0.25, 0.3) is 187 Å². The average Bonchev–Trinajstić information content (AvgIpc) is 1.69. The van der Waals surface area contributed by atoms with Gasteiger partial charge >= 0.3 is 0 Å². The molecule has 0 unspecified atom stereocenters. The van der Waals surface area contributed by atoms with Gasteiger partial charge < -0.3 is 17.7 Å². The molecule has 0 fully saturated rings. The molecule has 0 N–H and O–H groups in total. The van der Waals surface area contributed by atoms with E-state index in [-0.39, 0.29) is 11.1 Å². The van der Waals surface area contributed by atoms with E-state index in [2.05, 4.69) is 210 Å². The first-order valence-electron chi connectivity index (χ1n) is 40.9. The first-order valence-corrected chi connectivity index (χ1v) is 36.4. The van der Waals surface area contributed by atoms with Gasteiger partial charge in [-0.15, -0.1) is 0 Å². The number of rotatable bonds is 5. The van der Waals surface area contributed by atoms with Crippen molar-refractivity contribution in [1.29, 1.82) is 0 Å². The highest BCUT2D eigenvalue weighted by Gasteiger charge is 2.29. The van der Waals surface area contributed by atoms with Crippen LogP contribution < -0.4 is 18.3 Å². The summed E-state index contributed by atoms with van der Waals surface area (Å²) in [7, 11) is 7.99. The molecule has 10 heteroatoms. The highest BCUT2D eigenvalue weighted by molar-refractivity contribution is 6.21. The predicted molar refractivity (Wildman–Crippen MR) is 446 cm³/mol. The van der Waals surface area contributed by atoms with Crippen LogP contribution in [0.15, 0.2) is 304 Å². The fraction of sp³-hybridized carbons (Fsp3) is 0.111. The molecular weight excluding hydrogens is 1340 g/mol. The third-order valence-electron chi connectivity index (χ3n) is 21.3. The molecule has 11 aromatic carbocycles. The van der Waals surface area contributed by atoms with Gasteiger partial charge in [0.05, 0.1) is 5.56 Å². The molecule has 526 valence electrons. The fourth-order valence-corrected chi connectivity index (χ4v) is 16.0. The first-order chi connectivity index (χ1) is 56.7. The maximum Gasteiger partial charge on any atom is 0.224 e. The second-order valence-corrected chi connectivity index (χ2v) is 28.3. The lowest BCUT2D eigenvalue weighted by Gasteiger charge is -2.08. The highest BCUT2D eigenvalue weighted by atomic mass is 16.3.